The van der Waals surface area contributed by atoms with E-state index in [1.807, 2.05) is 0 Å². The minimum absolute atomic E-state index is 0.00774. The number of carbonyl (C=O) groups excluding carboxylic acids is 1. The van der Waals surface area contributed by atoms with E-state index in [1.165, 1.54) is 16.2 Å². The number of hydrogen-bond donors (Lipinski definition) is 1. The summed E-state index contributed by atoms with van der Waals surface area (Å²) >= 11 is 1.63. The highest BCUT2D eigenvalue weighted by Gasteiger charge is 2.41. The van der Waals surface area contributed by atoms with Crippen LogP contribution < -0.4 is 0 Å². The second-order valence-electron chi connectivity index (χ2n) is 10.0. The molecule has 1 aromatic rings. The van der Waals surface area contributed by atoms with Crippen LogP contribution in [0.25, 0.3) is 0 Å². The molecule has 1 saturated heterocycles. The van der Waals surface area contributed by atoms with Crippen LogP contribution >= 0.6 is 11.3 Å². The van der Waals surface area contributed by atoms with Crippen molar-refractivity contribution < 1.29 is 27.9 Å². The van der Waals surface area contributed by atoms with Gasteiger partial charge in [0.05, 0.1) is 12.1 Å². The molecule has 1 aromatic heterocycles. The summed E-state index contributed by atoms with van der Waals surface area (Å²) in [5, 5.41) is 10.1. The molecule has 10 heteroatoms. The zero-order valence-corrected chi connectivity index (χ0v) is 20.6. The molecule has 178 valence electrons. The highest BCUT2D eigenvalue weighted by molar-refractivity contribution is 7.87. The van der Waals surface area contributed by atoms with Crippen molar-refractivity contribution in [1.82, 2.24) is 8.61 Å². The Balaban J connectivity index is 1.63. The van der Waals surface area contributed by atoms with Crippen molar-refractivity contribution in [3.05, 3.63) is 20.9 Å². The molecule has 32 heavy (non-hydrogen) atoms. The minimum atomic E-state index is -3.96. The number of cyclic esters (lactones) is 1. The predicted molar refractivity (Wildman–Crippen MR) is 121 cm³/mol. The average Bonchev–Trinajstić information content (AvgIpc) is 3.31. The maximum atomic E-state index is 12.9. The third-order valence-corrected chi connectivity index (χ3v) is 10.4. The van der Waals surface area contributed by atoms with Crippen molar-refractivity contribution >= 4 is 33.6 Å². The first-order valence-electron chi connectivity index (χ1n) is 11.3. The summed E-state index contributed by atoms with van der Waals surface area (Å²) in [6, 6.07) is 0. The summed E-state index contributed by atoms with van der Waals surface area (Å²) in [4.78, 5) is 26.3. The summed E-state index contributed by atoms with van der Waals surface area (Å²) in [7, 11) is -2.47. The van der Waals surface area contributed by atoms with E-state index in [4.69, 9.17) is 4.74 Å². The van der Waals surface area contributed by atoms with Gasteiger partial charge in [-0.15, -0.1) is 11.3 Å². The number of carboxylic acids is 1. The van der Waals surface area contributed by atoms with Gasteiger partial charge in [0, 0.05) is 23.3 Å². The number of aryl methyl sites for hydroxylation is 1. The number of ether oxygens (including phenoxy) is 1. The summed E-state index contributed by atoms with van der Waals surface area (Å²) < 4.78 is 32.7. The lowest BCUT2D eigenvalue weighted by Crippen LogP contribution is -2.45. The van der Waals surface area contributed by atoms with Gasteiger partial charge >= 0.3 is 22.3 Å². The highest BCUT2D eigenvalue weighted by Crippen LogP contribution is 2.48. The summed E-state index contributed by atoms with van der Waals surface area (Å²) in [5.74, 6) is -0.856. The minimum Gasteiger partial charge on any atom is -0.478 e. The molecule has 2 aliphatic carbocycles. The number of thiophene rings is 1. The maximum Gasteiger partial charge on any atom is 0.424 e. The van der Waals surface area contributed by atoms with Gasteiger partial charge in [-0.1, -0.05) is 26.7 Å². The first kappa shape index (κ1) is 23.5. The van der Waals surface area contributed by atoms with Crippen molar-refractivity contribution in [2.24, 2.45) is 11.3 Å². The normalized spacial score (nSPS) is 25.6. The molecular weight excluding hydrogens is 452 g/mol. The standard InChI is InChI=1S/C22H32N2O6S2/c1-22(2)9-8-17-16(12-22)18(20(25)26)19(31-17)15-7-5-4-6-14(15)13-23(3)32(28,29)24-10-11-30-21(24)27/h14-15H,4-13H2,1-3H3,(H,25,26)/t14-,15-/m1/s1. The molecule has 0 aromatic carbocycles. The Hall–Kier alpha value is -1.65. The van der Waals surface area contributed by atoms with E-state index in [0.717, 1.165) is 59.7 Å². The largest absolute Gasteiger partial charge is 0.478 e. The van der Waals surface area contributed by atoms with Crippen molar-refractivity contribution in [2.45, 2.75) is 64.7 Å². The van der Waals surface area contributed by atoms with E-state index in [-0.39, 0.29) is 36.9 Å². The van der Waals surface area contributed by atoms with Crippen LogP contribution in [0.2, 0.25) is 0 Å². The predicted octanol–water partition coefficient (Wildman–Crippen LogP) is 3.86. The number of fused-ring (bicyclic) bond motifs is 1. The fourth-order valence-electron chi connectivity index (χ4n) is 5.39. The van der Waals surface area contributed by atoms with Gasteiger partial charge in [0.25, 0.3) is 0 Å². The number of hydrogen-bond acceptors (Lipinski definition) is 6. The molecule has 0 bridgehead atoms. The quantitative estimate of drug-likeness (QED) is 0.657. The first-order valence-corrected chi connectivity index (χ1v) is 13.5. The smallest absolute Gasteiger partial charge is 0.424 e. The number of carboxylic acid groups (broad SMARTS) is 1. The van der Waals surface area contributed by atoms with Crippen LogP contribution in [-0.2, 0) is 27.8 Å². The van der Waals surface area contributed by atoms with Gasteiger partial charge in [0.2, 0.25) is 0 Å². The number of rotatable bonds is 6. The lowest BCUT2D eigenvalue weighted by molar-refractivity contribution is 0.0692. The Bertz CT molecular complexity index is 1020. The van der Waals surface area contributed by atoms with E-state index in [1.54, 1.807) is 11.3 Å². The topological polar surface area (TPSA) is 104 Å². The highest BCUT2D eigenvalue weighted by atomic mass is 32.2. The second kappa shape index (κ2) is 8.61. The van der Waals surface area contributed by atoms with Gasteiger partial charge in [-0.2, -0.15) is 17.0 Å². The SMILES string of the molecule is CN(C[C@H]1CCCC[C@H]1c1sc2c(c1C(=O)O)CC(C)(C)CC2)S(=O)(=O)N1CCOC1=O. The van der Waals surface area contributed by atoms with E-state index >= 15 is 0 Å². The summed E-state index contributed by atoms with van der Waals surface area (Å²) in [6.07, 6.45) is 5.55. The molecule has 1 amide bonds. The van der Waals surface area contributed by atoms with Gasteiger partial charge in [0.15, 0.2) is 0 Å². The third kappa shape index (κ3) is 4.28. The molecule has 1 N–H and O–H groups in total. The van der Waals surface area contributed by atoms with Crippen LogP contribution in [0.15, 0.2) is 0 Å². The van der Waals surface area contributed by atoms with E-state index in [0.29, 0.717) is 5.56 Å². The maximum absolute atomic E-state index is 12.9. The number of carbonyl (C=O) groups is 2. The van der Waals surface area contributed by atoms with Crippen molar-refractivity contribution in [1.29, 1.82) is 0 Å². The van der Waals surface area contributed by atoms with Gasteiger partial charge in [-0.05, 0) is 54.9 Å². The van der Waals surface area contributed by atoms with Crippen LogP contribution in [0.4, 0.5) is 4.79 Å². The monoisotopic (exact) mass is 484 g/mol. The molecule has 2 atom stereocenters. The molecule has 8 nitrogen and oxygen atoms in total. The van der Waals surface area contributed by atoms with Crippen molar-refractivity contribution in [3.63, 3.8) is 0 Å². The Morgan fingerprint density at radius 3 is 2.69 bits per heavy atom. The molecule has 0 spiro atoms. The molecule has 1 saturated carbocycles. The molecule has 4 rings (SSSR count). The fraction of sp³-hybridized carbons (Fsp3) is 0.727. The fourth-order valence-corrected chi connectivity index (χ4v) is 8.19. The number of nitrogens with zero attached hydrogens (tertiary/aromatic N) is 2. The Kier molecular flexibility index (Phi) is 6.32. The van der Waals surface area contributed by atoms with Crippen molar-refractivity contribution in [3.8, 4) is 0 Å². The van der Waals surface area contributed by atoms with Gasteiger partial charge in [-0.25, -0.2) is 9.59 Å². The first-order chi connectivity index (χ1) is 15.0. The third-order valence-electron chi connectivity index (χ3n) is 7.15. The van der Waals surface area contributed by atoms with Crippen LogP contribution in [0.1, 0.15) is 77.5 Å². The lowest BCUT2D eigenvalue weighted by atomic mass is 9.74. The Morgan fingerprint density at radius 1 is 1.31 bits per heavy atom. The molecule has 3 aliphatic rings. The summed E-state index contributed by atoms with van der Waals surface area (Å²) in [5.41, 5.74) is 1.53. The van der Waals surface area contributed by atoms with E-state index < -0.39 is 22.3 Å². The number of aromatic carboxylic acids is 1. The summed E-state index contributed by atoms with van der Waals surface area (Å²) in [6.45, 7) is 4.72. The Labute approximate surface area is 193 Å². The van der Waals surface area contributed by atoms with Crippen molar-refractivity contribution in [2.75, 3.05) is 26.7 Å². The van der Waals surface area contributed by atoms with Crippen LogP contribution in [0, 0.1) is 11.3 Å². The molecule has 1 aliphatic heterocycles. The van der Waals surface area contributed by atoms with Gasteiger partial charge in [0.1, 0.15) is 6.61 Å². The van der Waals surface area contributed by atoms with Crippen LogP contribution in [-0.4, -0.2) is 60.9 Å². The molecule has 2 heterocycles. The van der Waals surface area contributed by atoms with Crippen LogP contribution in [0.5, 0.6) is 0 Å². The molecule has 2 fully saturated rings. The average molecular weight is 485 g/mol. The lowest BCUT2D eigenvalue weighted by Gasteiger charge is -2.34. The van der Waals surface area contributed by atoms with Gasteiger partial charge in [-0.3, -0.25) is 0 Å². The Morgan fingerprint density at radius 2 is 2.03 bits per heavy atom. The number of amides is 1. The van der Waals surface area contributed by atoms with E-state index in [9.17, 15) is 23.1 Å². The molecule has 0 unspecified atom stereocenters. The zero-order valence-electron chi connectivity index (χ0n) is 18.9. The molecular formula is C22H32N2O6S2. The van der Waals surface area contributed by atoms with E-state index in [2.05, 4.69) is 13.8 Å². The molecule has 0 radical (unpaired) electrons. The van der Waals surface area contributed by atoms with Crippen LogP contribution in [0.3, 0.4) is 0 Å². The van der Waals surface area contributed by atoms with Gasteiger partial charge < -0.3 is 9.84 Å². The zero-order chi connectivity index (χ0) is 23.3. The second-order valence-corrected chi connectivity index (χ2v) is 13.1.